The van der Waals surface area contributed by atoms with Gasteiger partial charge in [0.25, 0.3) is 0 Å². The molecule has 2 saturated carbocycles. The van der Waals surface area contributed by atoms with Crippen molar-refractivity contribution in [2.45, 2.75) is 78.4 Å². The summed E-state index contributed by atoms with van der Waals surface area (Å²) < 4.78 is 5.46. The van der Waals surface area contributed by atoms with Crippen LogP contribution in [0.2, 0.25) is 0 Å². The third kappa shape index (κ3) is 2.82. The predicted octanol–water partition coefficient (Wildman–Crippen LogP) is 4.02. The van der Waals surface area contributed by atoms with Crippen molar-refractivity contribution in [3.05, 3.63) is 23.3 Å². The van der Waals surface area contributed by atoms with Gasteiger partial charge < -0.3 is 14.9 Å². The summed E-state index contributed by atoms with van der Waals surface area (Å²) in [5, 5.41) is 20.9. The number of esters is 1. The van der Waals surface area contributed by atoms with Crippen molar-refractivity contribution in [3.63, 3.8) is 0 Å². The third-order valence-corrected chi connectivity index (χ3v) is 8.94. The van der Waals surface area contributed by atoms with Gasteiger partial charge in [0.15, 0.2) is 0 Å². The molecule has 4 nitrogen and oxygen atoms in total. The fourth-order valence-electron chi connectivity index (χ4n) is 7.47. The molecule has 0 aromatic rings. The van der Waals surface area contributed by atoms with Crippen LogP contribution in [0.25, 0.3) is 0 Å². The quantitative estimate of drug-likeness (QED) is 0.566. The maximum atomic E-state index is 11.4. The number of hydrogen-bond acceptors (Lipinski definition) is 4. The Bertz CT molecular complexity index is 709. The van der Waals surface area contributed by atoms with Crippen LogP contribution in [0.15, 0.2) is 23.3 Å². The van der Waals surface area contributed by atoms with Gasteiger partial charge in [0.2, 0.25) is 0 Å². The second kappa shape index (κ2) is 6.98. The first-order valence-corrected chi connectivity index (χ1v) is 11.1. The predicted molar refractivity (Wildman–Crippen MR) is 108 cm³/mol. The summed E-state index contributed by atoms with van der Waals surface area (Å²) in [6, 6.07) is 0. The van der Waals surface area contributed by atoms with Crippen molar-refractivity contribution in [3.8, 4) is 0 Å². The van der Waals surface area contributed by atoms with Crippen LogP contribution in [0.4, 0.5) is 0 Å². The van der Waals surface area contributed by atoms with Crippen molar-refractivity contribution in [1.29, 1.82) is 0 Å². The van der Waals surface area contributed by atoms with Crippen molar-refractivity contribution in [2.24, 2.45) is 34.5 Å². The van der Waals surface area contributed by atoms with E-state index in [0.717, 1.165) is 32.1 Å². The molecule has 4 heteroatoms. The van der Waals surface area contributed by atoms with Crippen LogP contribution in [0, 0.1) is 34.5 Å². The standard InChI is InChI=1S/C24H36O4/c1-14(13-25)19-7-8-20-18-6-5-16-11-17(28-15(2)26)12-22(27)24(16,4)21(18)9-10-23(19,20)3/h5,7,14,17-18,20-22,25,27H,6,8-13H2,1-4H3/t14-,17?,18+,20+,21+,22?,23-,24+/m1/s1. The molecule has 4 rings (SSSR count). The van der Waals surface area contributed by atoms with Crippen LogP contribution < -0.4 is 0 Å². The minimum Gasteiger partial charge on any atom is -0.462 e. The van der Waals surface area contributed by atoms with Gasteiger partial charge in [-0.1, -0.05) is 44.1 Å². The van der Waals surface area contributed by atoms with Crippen LogP contribution in [-0.2, 0) is 9.53 Å². The van der Waals surface area contributed by atoms with Crippen LogP contribution in [0.3, 0.4) is 0 Å². The van der Waals surface area contributed by atoms with Crippen molar-refractivity contribution >= 4 is 5.97 Å². The van der Waals surface area contributed by atoms with E-state index in [1.54, 1.807) is 0 Å². The lowest BCUT2D eigenvalue weighted by Gasteiger charge is -2.59. The Labute approximate surface area is 169 Å². The van der Waals surface area contributed by atoms with E-state index in [1.165, 1.54) is 18.1 Å². The number of carbonyl (C=O) groups excluding carboxylic acids is 1. The Balaban J connectivity index is 1.61. The Morgan fingerprint density at radius 3 is 2.71 bits per heavy atom. The number of hydrogen-bond donors (Lipinski definition) is 2. The van der Waals surface area contributed by atoms with Gasteiger partial charge in [0, 0.05) is 37.7 Å². The van der Waals surface area contributed by atoms with E-state index in [9.17, 15) is 15.0 Å². The second-order valence-electron chi connectivity index (χ2n) is 10.2. The van der Waals surface area contributed by atoms with E-state index in [-0.39, 0.29) is 35.4 Å². The minimum absolute atomic E-state index is 0.185. The fraction of sp³-hybridized carbons (Fsp3) is 0.792. The Kier molecular flexibility index (Phi) is 5.03. The van der Waals surface area contributed by atoms with Crippen LogP contribution in [-0.4, -0.2) is 35.0 Å². The first-order valence-electron chi connectivity index (χ1n) is 11.1. The van der Waals surface area contributed by atoms with Crippen LogP contribution in [0.1, 0.15) is 66.2 Å². The molecule has 28 heavy (non-hydrogen) atoms. The number of ether oxygens (including phenoxy) is 1. The van der Waals surface area contributed by atoms with Crippen LogP contribution in [0.5, 0.6) is 0 Å². The summed E-state index contributed by atoms with van der Waals surface area (Å²) in [5.41, 5.74) is 2.74. The van der Waals surface area contributed by atoms with Gasteiger partial charge in [-0.15, -0.1) is 0 Å². The van der Waals surface area contributed by atoms with Gasteiger partial charge in [-0.25, -0.2) is 0 Å². The lowest BCUT2D eigenvalue weighted by molar-refractivity contribution is -0.154. The lowest BCUT2D eigenvalue weighted by atomic mass is 9.46. The number of carbonyl (C=O) groups is 1. The van der Waals surface area contributed by atoms with Crippen molar-refractivity contribution < 1.29 is 19.7 Å². The average molecular weight is 389 g/mol. The summed E-state index contributed by atoms with van der Waals surface area (Å²) in [5.74, 6) is 1.64. The molecule has 0 aliphatic heterocycles. The summed E-state index contributed by atoms with van der Waals surface area (Å²) in [7, 11) is 0. The highest BCUT2D eigenvalue weighted by atomic mass is 16.5. The molecule has 0 saturated heterocycles. The Hall–Kier alpha value is -1.13. The summed E-state index contributed by atoms with van der Waals surface area (Å²) in [4.78, 5) is 11.4. The van der Waals surface area contributed by atoms with Gasteiger partial charge in [0.05, 0.1) is 6.10 Å². The molecule has 0 aromatic carbocycles. The van der Waals surface area contributed by atoms with E-state index >= 15 is 0 Å². The SMILES string of the molecule is CC(=O)OC1CC2=CC[C@H]3[C@@H]4CC=C([C@H](C)CO)[C@@]4(C)CC[C@@H]3[C@@]2(C)C(O)C1. The van der Waals surface area contributed by atoms with Gasteiger partial charge >= 0.3 is 5.97 Å². The first-order chi connectivity index (χ1) is 13.2. The number of aliphatic hydroxyl groups excluding tert-OH is 2. The highest BCUT2D eigenvalue weighted by Crippen LogP contribution is 2.65. The molecular formula is C24H36O4. The molecule has 4 aliphatic rings. The highest BCUT2D eigenvalue weighted by Gasteiger charge is 2.59. The zero-order valence-electron chi connectivity index (χ0n) is 17.8. The van der Waals surface area contributed by atoms with E-state index in [2.05, 4.69) is 32.9 Å². The average Bonchev–Trinajstić information content (AvgIpc) is 2.99. The smallest absolute Gasteiger partial charge is 0.302 e. The summed E-state index contributed by atoms with van der Waals surface area (Å²) in [6.45, 7) is 8.48. The summed E-state index contributed by atoms with van der Waals surface area (Å²) >= 11 is 0. The zero-order chi connectivity index (χ0) is 20.3. The molecule has 156 valence electrons. The molecule has 2 N–H and O–H groups in total. The minimum atomic E-state index is -0.459. The van der Waals surface area contributed by atoms with Crippen molar-refractivity contribution in [2.75, 3.05) is 6.61 Å². The number of rotatable bonds is 3. The molecule has 4 aliphatic carbocycles. The van der Waals surface area contributed by atoms with Gasteiger partial charge in [-0.2, -0.15) is 0 Å². The zero-order valence-corrected chi connectivity index (χ0v) is 17.8. The number of allylic oxidation sites excluding steroid dienone is 2. The van der Waals surface area contributed by atoms with Crippen molar-refractivity contribution in [1.82, 2.24) is 0 Å². The molecule has 2 unspecified atom stereocenters. The monoisotopic (exact) mass is 388 g/mol. The van der Waals surface area contributed by atoms with Crippen LogP contribution >= 0.6 is 0 Å². The number of aliphatic hydroxyl groups is 2. The van der Waals surface area contributed by atoms with Gasteiger partial charge in [-0.3, -0.25) is 4.79 Å². The normalized spacial score (nSPS) is 45.9. The third-order valence-electron chi connectivity index (χ3n) is 8.94. The van der Waals surface area contributed by atoms with E-state index < -0.39 is 6.10 Å². The molecule has 8 atom stereocenters. The topological polar surface area (TPSA) is 66.8 Å². The lowest BCUT2D eigenvalue weighted by Crippen LogP contribution is -2.55. The Morgan fingerprint density at radius 1 is 1.29 bits per heavy atom. The first kappa shape index (κ1) is 20.2. The van der Waals surface area contributed by atoms with Gasteiger partial charge in [0.1, 0.15) is 6.10 Å². The van der Waals surface area contributed by atoms with E-state index in [1.807, 2.05) is 0 Å². The molecule has 0 radical (unpaired) electrons. The molecule has 0 aromatic heterocycles. The molecule has 0 amide bonds. The fourth-order valence-corrected chi connectivity index (χ4v) is 7.47. The molecule has 2 fully saturated rings. The molecular weight excluding hydrogens is 352 g/mol. The second-order valence-corrected chi connectivity index (χ2v) is 10.2. The largest absolute Gasteiger partial charge is 0.462 e. The highest BCUT2D eigenvalue weighted by molar-refractivity contribution is 5.66. The van der Waals surface area contributed by atoms with E-state index in [4.69, 9.17) is 4.74 Å². The maximum Gasteiger partial charge on any atom is 0.302 e. The molecule has 0 bridgehead atoms. The Morgan fingerprint density at radius 2 is 2.04 bits per heavy atom. The summed E-state index contributed by atoms with van der Waals surface area (Å²) in [6.07, 6.45) is 9.85. The maximum absolute atomic E-state index is 11.4. The van der Waals surface area contributed by atoms with Gasteiger partial charge in [-0.05, 0) is 48.9 Å². The van der Waals surface area contributed by atoms with E-state index in [0.29, 0.717) is 24.2 Å². The molecule has 0 spiro atoms. The molecule has 0 heterocycles. The number of fused-ring (bicyclic) bond motifs is 5.